The summed E-state index contributed by atoms with van der Waals surface area (Å²) in [7, 11) is 0. The van der Waals surface area contributed by atoms with Crippen molar-refractivity contribution >= 4 is 23.4 Å². The average Bonchev–Trinajstić information content (AvgIpc) is 2.95. The van der Waals surface area contributed by atoms with Gasteiger partial charge in [-0.15, -0.1) is 0 Å². The molecule has 2 aromatic carbocycles. The summed E-state index contributed by atoms with van der Waals surface area (Å²) in [5.74, 6) is -2.89. The van der Waals surface area contributed by atoms with Crippen molar-refractivity contribution in [2.45, 2.75) is 18.6 Å². The van der Waals surface area contributed by atoms with Gasteiger partial charge in [0.2, 0.25) is 5.91 Å². The zero-order valence-corrected chi connectivity index (χ0v) is 21.8. The highest BCUT2D eigenvalue weighted by Gasteiger charge is 2.28. The molecular formula is C28H28F3N5O5. The Kier molecular flexibility index (Phi) is 9.90. The third-order valence-corrected chi connectivity index (χ3v) is 6.12. The number of nitrogens with zero attached hydrogens (tertiary/aromatic N) is 2. The standard InChI is InChI=1S/C28H28F3N5O5/c29-19-4-1-17(2-5-19)9-18-3-6-20(30)10-24(18)36(26(37)11-32)25-14-34-13-23(31)27(25)41-16-22-12-35-21(15-40-22)7-8-39-28(33)38/h1-8,10,13-14,21-22,35H,9,11-12,15-16,32H2,(H2,33,38)/b8-7+/t21?,22-/m0/s1. The zero-order chi connectivity index (χ0) is 29.4. The lowest BCUT2D eigenvalue weighted by Crippen LogP contribution is -2.47. The highest BCUT2D eigenvalue weighted by atomic mass is 19.1. The van der Waals surface area contributed by atoms with Crippen molar-refractivity contribution in [1.82, 2.24) is 10.3 Å². The number of halogens is 3. The molecule has 3 aromatic rings. The van der Waals surface area contributed by atoms with Gasteiger partial charge in [0, 0.05) is 6.54 Å². The van der Waals surface area contributed by atoms with Crippen LogP contribution in [0.25, 0.3) is 0 Å². The Morgan fingerprint density at radius 3 is 2.54 bits per heavy atom. The SMILES string of the molecule is NCC(=O)N(c1cc(F)ccc1Cc1ccc(F)cc1)c1cncc(F)c1OC[C@@H]1CNC(/C=C/OC(N)=O)CO1. The molecule has 0 radical (unpaired) electrons. The Labute approximate surface area is 233 Å². The third-order valence-electron chi connectivity index (χ3n) is 6.12. The first-order valence-corrected chi connectivity index (χ1v) is 12.5. The van der Waals surface area contributed by atoms with Gasteiger partial charge in [-0.05, 0) is 47.9 Å². The molecule has 216 valence electrons. The predicted octanol–water partition coefficient (Wildman–Crippen LogP) is 3.06. The minimum absolute atomic E-state index is 0.0837. The van der Waals surface area contributed by atoms with Crippen LogP contribution in [0.1, 0.15) is 11.1 Å². The van der Waals surface area contributed by atoms with E-state index < -0.39 is 42.1 Å². The number of ether oxygens (including phenoxy) is 3. The molecule has 0 spiro atoms. The number of aromatic nitrogens is 1. The molecular weight excluding hydrogens is 543 g/mol. The first-order valence-electron chi connectivity index (χ1n) is 12.5. The number of carbonyl (C=O) groups excluding carboxylic acids is 2. The van der Waals surface area contributed by atoms with E-state index in [1.165, 1.54) is 30.5 Å². The molecule has 2 heterocycles. The molecule has 5 N–H and O–H groups in total. The van der Waals surface area contributed by atoms with Gasteiger partial charge in [0.25, 0.3) is 0 Å². The molecule has 1 unspecified atom stereocenters. The van der Waals surface area contributed by atoms with Crippen molar-refractivity contribution in [3.63, 3.8) is 0 Å². The quantitative estimate of drug-likeness (QED) is 0.315. The van der Waals surface area contributed by atoms with E-state index in [9.17, 15) is 18.4 Å². The molecule has 4 rings (SSSR count). The number of hydrogen-bond donors (Lipinski definition) is 3. The second kappa shape index (κ2) is 13.7. The molecule has 10 nitrogen and oxygen atoms in total. The molecule has 1 aliphatic rings. The molecule has 2 amide bonds. The van der Waals surface area contributed by atoms with E-state index in [4.69, 9.17) is 20.9 Å². The van der Waals surface area contributed by atoms with Crippen LogP contribution in [-0.4, -0.2) is 55.4 Å². The highest BCUT2D eigenvalue weighted by molar-refractivity contribution is 6.03. The van der Waals surface area contributed by atoms with Gasteiger partial charge in [-0.25, -0.2) is 18.0 Å². The Morgan fingerprint density at radius 2 is 1.85 bits per heavy atom. The summed E-state index contributed by atoms with van der Waals surface area (Å²) in [6, 6.07) is 9.30. The fraction of sp³-hybridized carbons (Fsp3) is 0.250. The molecule has 1 saturated heterocycles. The third kappa shape index (κ3) is 7.81. The van der Waals surface area contributed by atoms with Gasteiger partial charge in [-0.1, -0.05) is 18.2 Å². The number of morpholine rings is 1. The number of pyridine rings is 1. The van der Waals surface area contributed by atoms with Crippen LogP contribution >= 0.6 is 0 Å². The number of nitrogens with two attached hydrogens (primary N) is 2. The molecule has 1 aliphatic heterocycles. The number of carbonyl (C=O) groups is 2. The molecule has 1 aromatic heterocycles. The van der Waals surface area contributed by atoms with Gasteiger partial charge in [0.15, 0.2) is 11.6 Å². The molecule has 13 heteroatoms. The van der Waals surface area contributed by atoms with E-state index in [0.717, 1.165) is 23.4 Å². The van der Waals surface area contributed by atoms with Gasteiger partial charge in [0.05, 0.1) is 43.5 Å². The predicted molar refractivity (Wildman–Crippen MR) is 143 cm³/mol. The van der Waals surface area contributed by atoms with E-state index in [1.807, 2.05) is 0 Å². The van der Waals surface area contributed by atoms with Crippen LogP contribution in [0.3, 0.4) is 0 Å². The second-order valence-corrected chi connectivity index (χ2v) is 9.03. The molecule has 0 aliphatic carbocycles. The van der Waals surface area contributed by atoms with Crippen LogP contribution in [0.2, 0.25) is 0 Å². The summed E-state index contributed by atoms with van der Waals surface area (Å²) in [5.41, 5.74) is 11.8. The van der Waals surface area contributed by atoms with E-state index in [0.29, 0.717) is 17.7 Å². The van der Waals surface area contributed by atoms with Crippen LogP contribution < -0.4 is 26.4 Å². The van der Waals surface area contributed by atoms with Crippen LogP contribution in [0, 0.1) is 17.5 Å². The van der Waals surface area contributed by atoms with E-state index in [2.05, 4.69) is 15.0 Å². The number of benzene rings is 2. The second-order valence-electron chi connectivity index (χ2n) is 9.03. The fourth-order valence-electron chi connectivity index (χ4n) is 4.17. The lowest BCUT2D eigenvalue weighted by Gasteiger charge is -2.30. The molecule has 41 heavy (non-hydrogen) atoms. The van der Waals surface area contributed by atoms with E-state index in [1.54, 1.807) is 18.2 Å². The van der Waals surface area contributed by atoms with Gasteiger partial charge in [0.1, 0.15) is 30.0 Å². The Bertz CT molecular complexity index is 1400. The molecule has 2 atom stereocenters. The summed E-state index contributed by atoms with van der Waals surface area (Å²) >= 11 is 0. The number of hydrogen-bond acceptors (Lipinski definition) is 8. The zero-order valence-electron chi connectivity index (χ0n) is 21.8. The fourth-order valence-corrected chi connectivity index (χ4v) is 4.17. The van der Waals surface area contributed by atoms with Crippen molar-refractivity contribution < 1.29 is 37.0 Å². The van der Waals surface area contributed by atoms with Crippen LogP contribution in [0.5, 0.6) is 5.75 Å². The topological polar surface area (TPSA) is 142 Å². The van der Waals surface area contributed by atoms with Crippen molar-refractivity contribution in [3.05, 3.63) is 95.8 Å². The summed E-state index contributed by atoms with van der Waals surface area (Å²) in [6.07, 6.45) is 3.62. The molecule has 1 fully saturated rings. The Balaban J connectivity index is 1.58. The van der Waals surface area contributed by atoms with E-state index in [-0.39, 0.29) is 42.8 Å². The number of rotatable bonds is 10. The highest BCUT2D eigenvalue weighted by Crippen LogP contribution is 2.38. The monoisotopic (exact) mass is 571 g/mol. The summed E-state index contributed by atoms with van der Waals surface area (Å²) < 4.78 is 59.1. The minimum Gasteiger partial charge on any atom is -0.485 e. The first-order chi connectivity index (χ1) is 19.7. The smallest absolute Gasteiger partial charge is 0.409 e. The van der Waals surface area contributed by atoms with Crippen molar-refractivity contribution in [1.29, 1.82) is 0 Å². The maximum atomic E-state index is 15.1. The maximum Gasteiger partial charge on any atom is 0.409 e. The normalized spacial score (nSPS) is 16.9. The summed E-state index contributed by atoms with van der Waals surface area (Å²) in [6.45, 7) is -0.0746. The van der Waals surface area contributed by atoms with Gasteiger partial charge < -0.3 is 31.0 Å². The first kappa shape index (κ1) is 29.5. The maximum absolute atomic E-state index is 15.1. The van der Waals surface area contributed by atoms with Crippen LogP contribution in [0.4, 0.5) is 29.3 Å². The van der Waals surface area contributed by atoms with Crippen molar-refractivity contribution in [2.75, 3.05) is 31.2 Å². The number of anilines is 2. The lowest BCUT2D eigenvalue weighted by atomic mass is 10.0. The minimum atomic E-state index is -0.942. The van der Waals surface area contributed by atoms with Crippen molar-refractivity contribution in [3.8, 4) is 5.75 Å². The average molecular weight is 572 g/mol. The largest absolute Gasteiger partial charge is 0.485 e. The molecule has 0 saturated carbocycles. The van der Waals surface area contributed by atoms with Gasteiger partial charge in [-0.3, -0.25) is 14.7 Å². The summed E-state index contributed by atoms with van der Waals surface area (Å²) in [4.78, 5) is 28.8. The number of primary amides is 1. The van der Waals surface area contributed by atoms with Gasteiger partial charge >= 0.3 is 6.09 Å². The Hall–Kier alpha value is -4.46. The van der Waals surface area contributed by atoms with Gasteiger partial charge in [-0.2, -0.15) is 0 Å². The van der Waals surface area contributed by atoms with Crippen LogP contribution in [-0.2, 0) is 20.7 Å². The Morgan fingerprint density at radius 1 is 1.10 bits per heavy atom. The number of nitrogens with one attached hydrogen (secondary N) is 1. The van der Waals surface area contributed by atoms with Crippen LogP contribution in [0.15, 0.2) is 67.2 Å². The van der Waals surface area contributed by atoms with Crippen molar-refractivity contribution in [2.24, 2.45) is 11.5 Å². The lowest BCUT2D eigenvalue weighted by molar-refractivity contribution is -0.116. The summed E-state index contributed by atoms with van der Waals surface area (Å²) in [5, 5.41) is 3.15. The van der Waals surface area contributed by atoms with E-state index >= 15 is 4.39 Å². The number of amides is 2. The molecule has 0 bridgehead atoms.